The largest absolute Gasteiger partial charge is 0.378 e. The van der Waals surface area contributed by atoms with Gasteiger partial charge >= 0.3 is 0 Å². The van der Waals surface area contributed by atoms with Crippen LogP contribution in [0.4, 0.5) is 5.95 Å². The maximum atomic E-state index is 6.14. The monoisotopic (exact) mass is 428 g/mol. The number of nitrogens with zero attached hydrogens (tertiary/aromatic N) is 4. The molecule has 3 heterocycles. The molecule has 2 aromatic rings. The summed E-state index contributed by atoms with van der Waals surface area (Å²) in [7, 11) is 0. The predicted molar refractivity (Wildman–Crippen MR) is 108 cm³/mol. The molecule has 0 N–H and O–H groups in total. The Bertz CT molecular complexity index is 777. The van der Waals surface area contributed by atoms with E-state index in [0.29, 0.717) is 10.0 Å². The topological polar surface area (TPSA) is 52.4 Å². The summed E-state index contributed by atoms with van der Waals surface area (Å²) in [6.45, 7) is 4.73. The van der Waals surface area contributed by atoms with E-state index in [9.17, 15) is 0 Å². The number of ether oxygens (including phenoxy) is 2. The van der Waals surface area contributed by atoms with Gasteiger partial charge in [-0.2, -0.15) is 0 Å². The van der Waals surface area contributed by atoms with E-state index >= 15 is 0 Å². The second-order valence-electron chi connectivity index (χ2n) is 6.66. The third kappa shape index (κ3) is 4.71. The lowest BCUT2D eigenvalue weighted by molar-refractivity contribution is 0.0942. The van der Waals surface area contributed by atoms with Gasteiger partial charge < -0.3 is 14.4 Å². The van der Waals surface area contributed by atoms with Crippen molar-refractivity contribution >= 4 is 40.9 Å². The molecule has 0 radical (unpaired) electrons. The number of thioether (sulfide) groups is 1. The lowest BCUT2D eigenvalue weighted by Crippen LogP contribution is -2.38. The Labute approximate surface area is 173 Å². The number of anilines is 1. The maximum Gasteiger partial charge on any atom is 0.228 e. The Morgan fingerprint density at radius 1 is 1.11 bits per heavy atom. The smallest absolute Gasteiger partial charge is 0.228 e. The molecule has 2 saturated heterocycles. The summed E-state index contributed by atoms with van der Waals surface area (Å²) in [6, 6.07) is 5.72. The molecule has 0 bridgehead atoms. The van der Waals surface area contributed by atoms with E-state index in [0.717, 1.165) is 74.7 Å². The lowest BCUT2D eigenvalue weighted by atomic mass is 10.2. The Balaban J connectivity index is 1.52. The van der Waals surface area contributed by atoms with Crippen LogP contribution in [-0.4, -0.2) is 53.8 Å². The summed E-state index contributed by atoms with van der Waals surface area (Å²) < 4.78 is 13.5. The molecule has 2 fully saturated rings. The van der Waals surface area contributed by atoms with Gasteiger partial charge in [0.2, 0.25) is 5.95 Å². The first-order chi connectivity index (χ1) is 13.2. The highest BCUT2D eigenvalue weighted by Crippen LogP contribution is 2.30. The molecule has 0 amide bonds. The van der Waals surface area contributed by atoms with Crippen LogP contribution in [0.5, 0.6) is 0 Å². The first-order valence-electron chi connectivity index (χ1n) is 9.15. The van der Waals surface area contributed by atoms with Crippen LogP contribution in [-0.2, 0) is 21.8 Å². The van der Waals surface area contributed by atoms with Crippen molar-refractivity contribution in [2.24, 2.45) is 0 Å². The fourth-order valence-corrected chi connectivity index (χ4v) is 4.52. The lowest BCUT2D eigenvalue weighted by Gasteiger charge is -2.28. The fraction of sp³-hybridized carbons (Fsp3) is 0.556. The van der Waals surface area contributed by atoms with Gasteiger partial charge in [0.15, 0.2) is 5.16 Å². The third-order valence-electron chi connectivity index (χ3n) is 4.75. The normalized spacial score (nSPS) is 20.4. The van der Waals surface area contributed by atoms with Gasteiger partial charge in [0.05, 0.1) is 35.9 Å². The quantitative estimate of drug-likeness (QED) is 0.650. The van der Waals surface area contributed by atoms with Crippen molar-refractivity contribution in [3.63, 3.8) is 0 Å². The minimum absolute atomic E-state index is 0.227. The molecule has 1 atom stereocenters. The molecule has 0 aliphatic carbocycles. The standard InChI is InChI=1S/C18H22Cl2N4O2S/c19-15-4-3-13(10-16(15)20)12-27-18-22-21-17(23-5-8-25-9-6-23)24(18)11-14-2-1-7-26-14/h3-4,10,14H,1-2,5-9,11-12H2/t14-/m0/s1. The van der Waals surface area contributed by atoms with Crippen LogP contribution < -0.4 is 4.90 Å². The van der Waals surface area contributed by atoms with Crippen molar-refractivity contribution in [2.75, 3.05) is 37.8 Å². The van der Waals surface area contributed by atoms with Crippen LogP contribution in [0.1, 0.15) is 18.4 Å². The van der Waals surface area contributed by atoms with Gasteiger partial charge in [-0.15, -0.1) is 10.2 Å². The minimum atomic E-state index is 0.227. The van der Waals surface area contributed by atoms with E-state index in [1.165, 1.54) is 0 Å². The zero-order valence-corrected chi connectivity index (χ0v) is 17.3. The molecule has 1 aromatic heterocycles. The molecule has 0 spiro atoms. The highest BCUT2D eigenvalue weighted by atomic mass is 35.5. The van der Waals surface area contributed by atoms with Gasteiger partial charge in [0.1, 0.15) is 0 Å². The summed E-state index contributed by atoms with van der Waals surface area (Å²) in [5.41, 5.74) is 1.11. The average Bonchev–Trinajstić information content (AvgIpc) is 3.34. The molecule has 4 rings (SSSR count). The highest BCUT2D eigenvalue weighted by molar-refractivity contribution is 7.98. The Morgan fingerprint density at radius 3 is 2.70 bits per heavy atom. The summed E-state index contributed by atoms with van der Waals surface area (Å²) in [4.78, 5) is 2.24. The van der Waals surface area contributed by atoms with Gasteiger partial charge in [-0.3, -0.25) is 4.57 Å². The molecular formula is C18H22Cl2N4O2S. The van der Waals surface area contributed by atoms with Crippen molar-refractivity contribution in [3.8, 4) is 0 Å². The zero-order valence-electron chi connectivity index (χ0n) is 14.9. The first kappa shape index (κ1) is 19.3. The second kappa shape index (κ2) is 9.01. The van der Waals surface area contributed by atoms with Crippen LogP contribution in [0, 0.1) is 0 Å². The van der Waals surface area contributed by atoms with Crippen molar-refractivity contribution in [1.82, 2.24) is 14.8 Å². The Hall–Kier alpha value is -0.990. The van der Waals surface area contributed by atoms with E-state index in [-0.39, 0.29) is 6.10 Å². The number of hydrogen-bond acceptors (Lipinski definition) is 6. The maximum absolute atomic E-state index is 6.14. The highest BCUT2D eigenvalue weighted by Gasteiger charge is 2.24. The van der Waals surface area contributed by atoms with E-state index in [1.54, 1.807) is 11.8 Å². The number of halogens is 2. The third-order valence-corrected chi connectivity index (χ3v) is 6.53. The molecule has 9 heteroatoms. The number of hydrogen-bond donors (Lipinski definition) is 0. The zero-order chi connectivity index (χ0) is 18.6. The molecule has 6 nitrogen and oxygen atoms in total. The van der Waals surface area contributed by atoms with Crippen molar-refractivity contribution in [2.45, 2.75) is 36.4 Å². The molecule has 2 aliphatic rings. The summed E-state index contributed by atoms with van der Waals surface area (Å²) >= 11 is 13.8. The summed E-state index contributed by atoms with van der Waals surface area (Å²) in [6.07, 6.45) is 2.42. The van der Waals surface area contributed by atoms with Gasteiger partial charge in [-0.25, -0.2) is 0 Å². The number of aromatic nitrogens is 3. The van der Waals surface area contributed by atoms with Crippen molar-refractivity contribution in [3.05, 3.63) is 33.8 Å². The van der Waals surface area contributed by atoms with Crippen LogP contribution in [0.3, 0.4) is 0 Å². The molecule has 27 heavy (non-hydrogen) atoms. The van der Waals surface area contributed by atoms with Crippen LogP contribution in [0.15, 0.2) is 23.4 Å². The predicted octanol–water partition coefficient (Wildman–Crippen LogP) is 3.89. The molecule has 1 aromatic carbocycles. The minimum Gasteiger partial charge on any atom is -0.378 e. The number of rotatable bonds is 6. The molecular weight excluding hydrogens is 407 g/mol. The molecule has 146 valence electrons. The summed E-state index contributed by atoms with van der Waals surface area (Å²) in [5, 5.41) is 11.0. The number of benzene rings is 1. The van der Waals surface area contributed by atoms with E-state index in [1.807, 2.05) is 18.2 Å². The van der Waals surface area contributed by atoms with Gasteiger partial charge in [-0.05, 0) is 30.5 Å². The van der Waals surface area contributed by atoms with Gasteiger partial charge in [0.25, 0.3) is 0 Å². The van der Waals surface area contributed by atoms with E-state index in [2.05, 4.69) is 19.7 Å². The van der Waals surface area contributed by atoms with Gasteiger partial charge in [0, 0.05) is 25.4 Å². The molecule has 0 unspecified atom stereocenters. The van der Waals surface area contributed by atoms with E-state index in [4.69, 9.17) is 32.7 Å². The van der Waals surface area contributed by atoms with Crippen LogP contribution >= 0.6 is 35.0 Å². The Morgan fingerprint density at radius 2 is 1.96 bits per heavy atom. The van der Waals surface area contributed by atoms with Crippen LogP contribution in [0.2, 0.25) is 10.0 Å². The average molecular weight is 429 g/mol. The summed E-state index contributed by atoms with van der Waals surface area (Å²) in [5.74, 6) is 1.66. The van der Waals surface area contributed by atoms with E-state index < -0.39 is 0 Å². The fourth-order valence-electron chi connectivity index (χ4n) is 3.31. The SMILES string of the molecule is Clc1ccc(CSc2nnc(N3CCOCC3)n2C[C@@H]2CCCO2)cc1Cl. The molecule has 0 saturated carbocycles. The van der Waals surface area contributed by atoms with Crippen molar-refractivity contribution in [1.29, 1.82) is 0 Å². The Kier molecular flexibility index (Phi) is 6.45. The first-order valence-corrected chi connectivity index (χ1v) is 10.9. The second-order valence-corrected chi connectivity index (χ2v) is 8.42. The van der Waals surface area contributed by atoms with Gasteiger partial charge in [-0.1, -0.05) is 41.0 Å². The van der Waals surface area contributed by atoms with Crippen molar-refractivity contribution < 1.29 is 9.47 Å². The van der Waals surface area contributed by atoms with Crippen LogP contribution in [0.25, 0.3) is 0 Å². The number of morpholine rings is 1. The molecule has 2 aliphatic heterocycles.